The number of hydrogen-bond acceptors (Lipinski definition) is 4. The molecule has 1 N–H and O–H groups in total. The van der Waals surface area contributed by atoms with Gasteiger partial charge in [0.1, 0.15) is 0 Å². The second-order valence-corrected chi connectivity index (χ2v) is 5.06. The Kier molecular flexibility index (Phi) is 4.34. The van der Waals surface area contributed by atoms with E-state index >= 15 is 0 Å². The smallest absolute Gasteiger partial charge is 0.222 e. The van der Waals surface area contributed by atoms with Crippen LogP contribution >= 0.6 is 23.4 Å². The summed E-state index contributed by atoms with van der Waals surface area (Å²) in [4.78, 5) is 19.6. The molecule has 0 unspecified atom stereocenters. The molecule has 4 nitrogen and oxygen atoms in total. The number of carbonyl (C=O) groups is 1. The molecule has 2 aromatic rings. The lowest BCUT2D eigenvalue weighted by Gasteiger charge is -2.05. The first-order valence-electron chi connectivity index (χ1n) is 5.28. The fourth-order valence-electron chi connectivity index (χ4n) is 1.26. The molecule has 0 saturated carbocycles. The van der Waals surface area contributed by atoms with Crippen LogP contribution in [0.5, 0.6) is 0 Å². The van der Waals surface area contributed by atoms with Crippen LogP contribution in [-0.4, -0.2) is 15.9 Å². The summed E-state index contributed by atoms with van der Waals surface area (Å²) >= 11 is 7.03. The predicted molar refractivity (Wildman–Crippen MR) is 71.9 cm³/mol. The minimum Gasteiger partial charge on any atom is -0.308 e. The quantitative estimate of drug-likeness (QED) is 0.883. The van der Waals surface area contributed by atoms with Crippen LogP contribution in [0.1, 0.15) is 6.92 Å². The summed E-state index contributed by atoms with van der Waals surface area (Å²) in [6.45, 7) is 1.29. The Hall–Kier alpha value is -1.66. The van der Waals surface area contributed by atoms with Gasteiger partial charge in [-0.15, -0.1) is 0 Å². The SMILES string of the molecule is CC(=O)Nc1nc(Sc2ccc(Cl)cc2)ncc1F. The highest BCUT2D eigenvalue weighted by Crippen LogP contribution is 2.26. The lowest BCUT2D eigenvalue weighted by atomic mass is 10.4. The molecule has 1 heterocycles. The molecule has 0 aliphatic carbocycles. The number of carbonyl (C=O) groups excluding carboxylic acids is 1. The van der Waals surface area contributed by atoms with Gasteiger partial charge in [0.05, 0.1) is 6.20 Å². The summed E-state index contributed by atoms with van der Waals surface area (Å²) < 4.78 is 13.4. The van der Waals surface area contributed by atoms with Crippen molar-refractivity contribution in [1.29, 1.82) is 0 Å². The van der Waals surface area contributed by atoms with Gasteiger partial charge < -0.3 is 5.32 Å². The van der Waals surface area contributed by atoms with Crippen molar-refractivity contribution >= 4 is 35.1 Å². The Morgan fingerprint density at radius 3 is 2.68 bits per heavy atom. The van der Waals surface area contributed by atoms with Crippen LogP contribution in [0.4, 0.5) is 10.2 Å². The largest absolute Gasteiger partial charge is 0.308 e. The molecule has 0 aliphatic heterocycles. The van der Waals surface area contributed by atoms with E-state index in [1.54, 1.807) is 24.3 Å². The summed E-state index contributed by atoms with van der Waals surface area (Å²) in [6.07, 6.45) is 1.02. The number of halogens is 2. The van der Waals surface area contributed by atoms with Gasteiger partial charge in [0.25, 0.3) is 0 Å². The zero-order valence-corrected chi connectivity index (χ0v) is 11.4. The number of amides is 1. The molecule has 98 valence electrons. The van der Waals surface area contributed by atoms with E-state index in [9.17, 15) is 9.18 Å². The van der Waals surface area contributed by atoms with Gasteiger partial charge in [0, 0.05) is 16.8 Å². The molecular weight excluding hydrogens is 289 g/mol. The van der Waals surface area contributed by atoms with Crippen molar-refractivity contribution in [3.05, 3.63) is 41.3 Å². The van der Waals surface area contributed by atoms with Gasteiger partial charge in [-0.25, -0.2) is 14.4 Å². The van der Waals surface area contributed by atoms with Gasteiger partial charge in [0.2, 0.25) is 5.91 Å². The second kappa shape index (κ2) is 5.99. The normalized spacial score (nSPS) is 10.3. The van der Waals surface area contributed by atoms with Crippen molar-refractivity contribution in [2.24, 2.45) is 0 Å². The van der Waals surface area contributed by atoms with Crippen molar-refractivity contribution in [2.45, 2.75) is 17.0 Å². The van der Waals surface area contributed by atoms with Crippen molar-refractivity contribution in [3.63, 3.8) is 0 Å². The second-order valence-electron chi connectivity index (χ2n) is 3.59. The monoisotopic (exact) mass is 297 g/mol. The third kappa shape index (κ3) is 3.90. The fourth-order valence-corrected chi connectivity index (χ4v) is 2.11. The third-order valence-corrected chi connectivity index (χ3v) is 3.18. The van der Waals surface area contributed by atoms with Crippen LogP contribution < -0.4 is 5.32 Å². The van der Waals surface area contributed by atoms with E-state index in [0.29, 0.717) is 10.2 Å². The zero-order valence-electron chi connectivity index (χ0n) is 9.85. The number of benzene rings is 1. The number of anilines is 1. The molecule has 0 fully saturated rings. The van der Waals surface area contributed by atoms with Crippen molar-refractivity contribution in [3.8, 4) is 0 Å². The Morgan fingerprint density at radius 2 is 2.05 bits per heavy atom. The number of aromatic nitrogens is 2. The van der Waals surface area contributed by atoms with E-state index in [2.05, 4.69) is 15.3 Å². The minimum absolute atomic E-state index is 0.126. The Morgan fingerprint density at radius 1 is 1.37 bits per heavy atom. The van der Waals surface area contributed by atoms with E-state index in [0.717, 1.165) is 11.1 Å². The van der Waals surface area contributed by atoms with Crippen LogP contribution in [0, 0.1) is 5.82 Å². The lowest BCUT2D eigenvalue weighted by molar-refractivity contribution is -0.114. The zero-order chi connectivity index (χ0) is 13.8. The first-order chi connectivity index (χ1) is 9.04. The van der Waals surface area contributed by atoms with E-state index in [-0.39, 0.29) is 11.7 Å². The predicted octanol–water partition coefficient (Wildman–Crippen LogP) is 3.38. The van der Waals surface area contributed by atoms with Crippen LogP contribution in [-0.2, 0) is 4.79 Å². The summed E-state index contributed by atoms with van der Waals surface area (Å²) in [6, 6.07) is 7.08. The Bertz CT molecular complexity index is 606. The van der Waals surface area contributed by atoms with Gasteiger partial charge in [-0.05, 0) is 36.0 Å². The first kappa shape index (κ1) is 13.8. The number of hydrogen-bond donors (Lipinski definition) is 1. The molecule has 19 heavy (non-hydrogen) atoms. The van der Waals surface area contributed by atoms with Gasteiger partial charge in [-0.1, -0.05) is 11.6 Å². The van der Waals surface area contributed by atoms with Crippen molar-refractivity contribution in [1.82, 2.24) is 9.97 Å². The maximum atomic E-state index is 13.4. The van der Waals surface area contributed by atoms with Crippen molar-refractivity contribution in [2.75, 3.05) is 5.32 Å². The van der Waals surface area contributed by atoms with Crippen LogP contribution in [0.2, 0.25) is 5.02 Å². The molecule has 0 radical (unpaired) electrons. The Balaban J connectivity index is 2.21. The van der Waals surface area contributed by atoms with Gasteiger partial charge in [-0.3, -0.25) is 4.79 Å². The van der Waals surface area contributed by atoms with E-state index in [4.69, 9.17) is 11.6 Å². The topological polar surface area (TPSA) is 54.9 Å². The maximum Gasteiger partial charge on any atom is 0.222 e. The Labute approximate surface area is 118 Å². The molecule has 2 rings (SSSR count). The summed E-state index contributed by atoms with van der Waals surface area (Å²) in [5, 5.41) is 3.28. The third-order valence-electron chi connectivity index (χ3n) is 2.04. The number of nitrogens with one attached hydrogen (secondary N) is 1. The molecule has 1 aromatic carbocycles. The highest BCUT2D eigenvalue weighted by atomic mass is 35.5. The molecule has 1 amide bonds. The molecule has 0 spiro atoms. The minimum atomic E-state index is -0.671. The average molecular weight is 298 g/mol. The van der Waals surface area contributed by atoms with Crippen LogP contribution in [0.15, 0.2) is 40.5 Å². The fraction of sp³-hybridized carbons (Fsp3) is 0.0833. The van der Waals surface area contributed by atoms with E-state index in [1.807, 2.05) is 0 Å². The number of nitrogens with zero attached hydrogens (tertiary/aromatic N) is 2. The van der Waals surface area contributed by atoms with Gasteiger partial charge in [0.15, 0.2) is 16.8 Å². The van der Waals surface area contributed by atoms with Crippen molar-refractivity contribution < 1.29 is 9.18 Å². The summed E-state index contributed by atoms with van der Waals surface area (Å²) in [5.41, 5.74) is 0. The van der Waals surface area contributed by atoms with Gasteiger partial charge >= 0.3 is 0 Å². The highest BCUT2D eigenvalue weighted by Gasteiger charge is 2.09. The van der Waals surface area contributed by atoms with Crippen LogP contribution in [0.25, 0.3) is 0 Å². The molecule has 0 atom stereocenters. The molecule has 1 aromatic heterocycles. The molecular formula is C12H9ClFN3OS. The molecule has 0 aliphatic rings. The summed E-state index contributed by atoms with van der Waals surface area (Å²) in [5.74, 6) is -1.19. The molecule has 0 bridgehead atoms. The summed E-state index contributed by atoms with van der Waals surface area (Å²) in [7, 11) is 0. The first-order valence-corrected chi connectivity index (χ1v) is 6.47. The standard InChI is InChI=1S/C12H9ClFN3OS/c1-7(18)16-11-10(14)6-15-12(17-11)19-9-4-2-8(13)3-5-9/h2-6H,1H3,(H,15,16,17,18). The van der Waals surface area contributed by atoms with Gasteiger partial charge in [-0.2, -0.15) is 0 Å². The number of rotatable bonds is 3. The van der Waals surface area contributed by atoms with Crippen LogP contribution in [0.3, 0.4) is 0 Å². The van der Waals surface area contributed by atoms with E-state index < -0.39 is 5.82 Å². The van der Waals surface area contributed by atoms with E-state index in [1.165, 1.54) is 18.7 Å². The molecule has 0 saturated heterocycles. The molecule has 7 heteroatoms. The average Bonchev–Trinajstić information content (AvgIpc) is 2.36. The lowest BCUT2D eigenvalue weighted by Crippen LogP contribution is -2.10. The maximum absolute atomic E-state index is 13.4. The highest BCUT2D eigenvalue weighted by molar-refractivity contribution is 7.99.